The third-order valence-electron chi connectivity index (χ3n) is 5.23. The minimum Gasteiger partial charge on any atom is -0.369 e. The van der Waals surface area contributed by atoms with Crippen molar-refractivity contribution in [2.75, 3.05) is 11.9 Å². The van der Waals surface area contributed by atoms with E-state index in [0.29, 0.717) is 17.4 Å². The van der Waals surface area contributed by atoms with Gasteiger partial charge in [0.2, 0.25) is 5.91 Å². The molecule has 160 valence electrons. The lowest BCUT2D eigenvalue weighted by atomic mass is 9.91. The molecule has 2 aromatic heterocycles. The average molecular weight is 443 g/mol. The van der Waals surface area contributed by atoms with Crippen molar-refractivity contribution in [2.24, 2.45) is 5.73 Å². The first-order valence-electron chi connectivity index (χ1n) is 10.4. The zero-order chi connectivity index (χ0) is 22.3. The molecule has 2 heterocycles. The quantitative estimate of drug-likeness (QED) is 0.399. The van der Waals surface area contributed by atoms with Crippen molar-refractivity contribution < 1.29 is 4.79 Å². The highest BCUT2D eigenvalue weighted by Crippen LogP contribution is 2.31. The normalized spacial score (nSPS) is 11.7. The number of aromatic nitrogens is 2. The number of carbonyl (C=O) groups is 1. The van der Waals surface area contributed by atoms with E-state index in [9.17, 15) is 4.79 Å². The molecule has 1 unspecified atom stereocenters. The maximum absolute atomic E-state index is 12.5. The lowest BCUT2D eigenvalue weighted by Gasteiger charge is -2.19. The van der Waals surface area contributed by atoms with Crippen molar-refractivity contribution >= 4 is 23.3 Å². The van der Waals surface area contributed by atoms with Crippen molar-refractivity contribution in [3.05, 3.63) is 113 Å². The molecule has 32 heavy (non-hydrogen) atoms. The minimum absolute atomic E-state index is 0.451. The lowest BCUT2D eigenvalue weighted by Crippen LogP contribution is -2.24. The number of nitrogens with zero attached hydrogens (tertiary/aromatic N) is 2. The van der Waals surface area contributed by atoms with Crippen LogP contribution in [0.5, 0.6) is 0 Å². The van der Waals surface area contributed by atoms with Crippen LogP contribution in [-0.2, 0) is 11.2 Å². The van der Waals surface area contributed by atoms with Crippen molar-refractivity contribution in [1.82, 2.24) is 9.97 Å². The van der Waals surface area contributed by atoms with Gasteiger partial charge in [-0.2, -0.15) is 0 Å². The van der Waals surface area contributed by atoms with E-state index in [1.54, 1.807) is 18.5 Å². The van der Waals surface area contributed by atoms with Crippen LogP contribution in [0, 0.1) is 0 Å². The van der Waals surface area contributed by atoms with Crippen LogP contribution in [-0.4, -0.2) is 22.4 Å². The number of nitrogens with one attached hydrogen (secondary N) is 1. The summed E-state index contributed by atoms with van der Waals surface area (Å²) in [6.07, 6.45) is 4.11. The second-order valence-electron chi connectivity index (χ2n) is 7.43. The number of hydrogen-bond acceptors (Lipinski definition) is 4. The predicted octanol–water partition coefficient (Wildman–Crippen LogP) is 5.07. The molecule has 1 amide bonds. The van der Waals surface area contributed by atoms with E-state index >= 15 is 0 Å². The zero-order valence-electron chi connectivity index (χ0n) is 17.4. The Bertz CT molecular complexity index is 1180. The Balaban J connectivity index is 1.68. The van der Waals surface area contributed by atoms with Crippen LogP contribution >= 0.6 is 11.6 Å². The summed E-state index contributed by atoms with van der Waals surface area (Å²) in [6.45, 7) is 0.637. The number of rotatable bonds is 8. The van der Waals surface area contributed by atoms with E-state index in [2.05, 4.69) is 10.3 Å². The molecular weight excluding hydrogens is 420 g/mol. The number of amides is 1. The van der Waals surface area contributed by atoms with Gasteiger partial charge in [-0.25, -0.2) is 4.98 Å². The van der Waals surface area contributed by atoms with Gasteiger partial charge in [0.05, 0.1) is 11.6 Å². The monoisotopic (exact) mass is 442 g/mol. The number of primary amides is 1. The van der Waals surface area contributed by atoms with Gasteiger partial charge in [-0.15, -0.1) is 0 Å². The van der Waals surface area contributed by atoms with Crippen LogP contribution in [0.25, 0.3) is 11.3 Å². The van der Waals surface area contributed by atoms with Gasteiger partial charge in [0.25, 0.3) is 0 Å². The SMILES string of the molecule is NC(=O)C(c1cccnc1)c1ccc(-c2ccccc2)nc1NCCc1ccc(Cl)cc1. The number of carbonyl (C=O) groups excluding carboxylic acids is 1. The van der Waals surface area contributed by atoms with Gasteiger partial charge in [-0.3, -0.25) is 9.78 Å². The molecule has 6 heteroatoms. The molecule has 0 bridgehead atoms. The molecule has 0 spiro atoms. The molecule has 1 atom stereocenters. The minimum atomic E-state index is -0.654. The highest BCUT2D eigenvalue weighted by atomic mass is 35.5. The molecular formula is C26H23ClN4O. The van der Waals surface area contributed by atoms with Crippen LogP contribution < -0.4 is 11.1 Å². The Hall–Kier alpha value is -3.70. The molecule has 4 aromatic rings. The smallest absolute Gasteiger partial charge is 0.229 e. The van der Waals surface area contributed by atoms with Crippen LogP contribution in [0.3, 0.4) is 0 Å². The third kappa shape index (κ3) is 5.13. The molecule has 0 saturated heterocycles. The number of anilines is 1. The number of hydrogen-bond donors (Lipinski definition) is 2. The fourth-order valence-corrected chi connectivity index (χ4v) is 3.76. The Labute approximate surface area is 192 Å². The van der Waals surface area contributed by atoms with Gasteiger partial charge < -0.3 is 11.1 Å². The van der Waals surface area contributed by atoms with E-state index < -0.39 is 11.8 Å². The summed E-state index contributed by atoms with van der Waals surface area (Å²) < 4.78 is 0. The van der Waals surface area contributed by atoms with Crippen molar-refractivity contribution in [2.45, 2.75) is 12.3 Å². The topological polar surface area (TPSA) is 80.9 Å². The van der Waals surface area contributed by atoms with Crippen LogP contribution in [0.2, 0.25) is 5.02 Å². The van der Waals surface area contributed by atoms with E-state index in [1.807, 2.05) is 72.8 Å². The Morgan fingerprint density at radius 1 is 0.969 bits per heavy atom. The van der Waals surface area contributed by atoms with Gasteiger partial charge in [-0.05, 0) is 41.8 Å². The van der Waals surface area contributed by atoms with Gasteiger partial charge in [0, 0.05) is 35.1 Å². The maximum atomic E-state index is 12.5. The maximum Gasteiger partial charge on any atom is 0.229 e. The Kier molecular flexibility index (Phi) is 6.78. The Morgan fingerprint density at radius 2 is 1.75 bits per heavy atom. The second kappa shape index (κ2) is 10.1. The summed E-state index contributed by atoms with van der Waals surface area (Å²) in [6, 6.07) is 25.2. The van der Waals surface area contributed by atoms with Crippen molar-refractivity contribution in [1.29, 1.82) is 0 Å². The molecule has 0 fully saturated rings. The Morgan fingerprint density at radius 3 is 2.44 bits per heavy atom. The summed E-state index contributed by atoms with van der Waals surface area (Å²) in [5, 5.41) is 4.13. The predicted molar refractivity (Wildman–Crippen MR) is 129 cm³/mol. The van der Waals surface area contributed by atoms with E-state index in [1.165, 1.54) is 0 Å². The fourth-order valence-electron chi connectivity index (χ4n) is 3.63. The first-order chi connectivity index (χ1) is 15.6. The summed E-state index contributed by atoms with van der Waals surface area (Å²) >= 11 is 5.99. The molecule has 0 radical (unpaired) electrons. The molecule has 4 rings (SSSR count). The summed E-state index contributed by atoms with van der Waals surface area (Å²) in [7, 11) is 0. The molecule has 0 aliphatic rings. The fraction of sp³-hybridized carbons (Fsp3) is 0.115. The lowest BCUT2D eigenvalue weighted by molar-refractivity contribution is -0.118. The molecule has 3 N–H and O–H groups in total. The summed E-state index contributed by atoms with van der Waals surface area (Å²) in [4.78, 5) is 21.5. The summed E-state index contributed by atoms with van der Waals surface area (Å²) in [5.41, 5.74) is 10.2. The average Bonchev–Trinajstić information content (AvgIpc) is 2.82. The van der Waals surface area contributed by atoms with Gasteiger partial charge >= 0.3 is 0 Å². The highest BCUT2D eigenvalue weighted by Gasteiger charge is 2.24. The zero-order valence-corrected chi connectivity index (χ0v) is 18.2. The number of halogens is 1. The molecule has 2 aromatic carbocycles. The largest absolute Gasteiger partial charge is 0.369 e. The van der Waals surface area contributed by atoms with Crippen LogP contribution in [0.15, 0.2) is 91.3 Å². The summed E-state index contributed by atoms with van der Waals surface area (Å²) in [5.74, 6) is -0.472. The van der Waals surface area contributed by atoms with E-state index in [0.717, 1.165) is 34.4 Å². The van der Waals surface area contributed by atoms with Crippen LogP contribution in [0.1, 0.15) is 22.6 Å². The van der Waals surface area contributed by atoms with Crippen molar-refractivity contribution in [3.8, 4) is 11.3 Å². The van der Waals surface area contributed by atoms with Crippen LogP contribution in [0.4, 0.5) is 5.82 Å². The highest BCUT2D eigenvalue weighted by molar-refractivity contribution is 6.30. The van der Waals surface area contributed by atoms with Gasteiger partial charge in [0.15, 0.2) is 0 Å². The molecule has 0 saturated carbocycles. The number of pyridine rings is 2. The molecule has 0 aliphatic carbocycles. The third-order valence-corrected chi connectivity index (χ3v) is 5.48. The molecule has 0 aliphatic heterocycles. The van der Waals surface area contributed by atoms with E-state index in [4.69, 9.17) is 22.3 Å². The number of benzene rings is 2. The number of nitrogens with two attached hydrogens (primary N) is 1. The van der Waals surface area contributed by atoms with E-state index in [-0.39, 0.29) is 0 Å². The van der Waals surface area contributed by atoms with Gasteiger partial charge in [-0.1, -0.05) is 66.2 Å². The first kappa shape index (κ1) is 21.5. The van der Waals surface area contributed by atoms with Gasteiger partial charge in [0.1, 0.15) is 5.82 Å². The second-order valence-corrected chi connectivity index (χ2v) is 7.86. The first-order valence-corrected chi connectivity index (χ1v) is 10.7. The van der Waals surface area contributed by atoms with Crippen molar-refractivity contribution in [3.63, 3.8) is 0 Å². The standard InChI is InChI=1S/C26H23ClN4O/c27-21-10-8-18(9-11-21)14-16-30-26-22(24(25(28)32)20-7-4-15-29-17-20)12-13-23(31-26)19-5-2-1-3-6-19/h1-13,15,17,24H,14,16H2,(H2,28,32)(H,30,31). The molecule has 5 nitrogen and oxygen atoms in total.